The van der Waals surface area contributed by atoms with Gasteiger partial charge in [-0.2, -0.15) is 18.2 Å². The van der Waals surface area contributed by atoms with Crippen molar-refractivity contribution in [1.82, 2.24) is 15.0 Å². The molecule has 2 fully saturated rings. The minimum Gasteiger partial charge on any atom is -0.493 e. The van der Waals surface area contributed by atoms with Gasteiger partial charge in [-0.25, -0.2) is 4.79 Å². The van der Waals surface area contributed by atoms with Crippen molar-refractivity contribution in [3.8, 4) is 22.9 Å². The molecule has 5 rings (SSSR count). The standard InChI is InChI=1S/C29H32F3N5O4/c30-29(31,32)22-18-20(13-14-24(22)39-17-15-19-8-3-1-4-9-19)25-34-26(41-36-25)23-12-7-16-37(23)27(33)35-28(38)40-21-10-5-2-6-11-21/h2,5-6,10-11,13-14,18-19,23H,1,3-4,7-9,12,15-17H2,(H2,33,35,38)/t23-/m0/s1. The summed E-state index contributed by atoms with van der Waals surface area (Å²) in [5, 5.41) is 3.92. The Labute approximate surface area is 235 Å². The lowest BCUT2D eigenvalue weighted by atomic mass is 9.87. The Kier molecular flexibility index (Phi) is 8.75. The number of hydrogen-bond donors (Lipinski definition) is 1. The van der Waals surface area contributed by atoms with Crippen LogP contribution in [0.15, 0.2) is 58.0 Å². The summed E-state index contributed by atoms with van der Waals surface area (Å²) in [5.74, 6) is 0.696. The number of guanidine groups is 1. The number of aromatic nitrogens is 2. The molecule has 1 aliphatic heterocycles. The number of benzene rings is 2. The number of rotatable bonds is 7. The van der Waals surface area contributed by atoms with E-state index in [4.69, 9.17) is 19.7 Å². The molecule has 0 bridgehead atoms. The van der Waals surface area contributed by atoms with Crippen LogP contribution in [0.2, 0.25) is 0 Å². The number of para-hydroxylation sites is 1. The fraction of sp³-hybridized carbons (Fsp3) is 0.448. The first-order valence-corrected chi connectivity index (χ1v) is 13.8. The van der Waals surface area contributed by atoms with Crippen molar-refractivity contribution in [2.24, 2.45) is 16.6 Å². The summed E-state index contributed by atoms with van der Waals surface area (Å²) < 4.78 is 58.0. The molecule has 12 heteroatoms. The number of alkyl halides is 3. The normalized spacial score (nSPS) is 18.5. The molecule has 0 unspecified atom stereocenters. The Morgan fingerprint density at radius 3 is 2.61 bits per heavy atom. The number of hydrogen-bond acceptors (Lipinski definition) is 6. The molecule has 3 aromatic rings. The van der Waals surface area contributed by atoms with Crippen LogP contribution in [-0.2, 0) is 6.18 Å². The highest BCUT2D eigenvalue weighted by molar-refractivity contribution is 5.90. The third-order valence-electron chi connectivity index (χ3n) is 7.48. The molecule has 1 saturated carbocycles. The smallest absolute Gasteiger partial charge is 0.442 e. The zero-order valence-electron chi connectivity index (χ0n) is 22.5. The first-order chi connectivity index (χ1) is 19.8. The number of carbonyl (C=O) groups is 1. The second-order valence-electron chi connectivity index (χ2n) is 10.3. The number of halogens is 3. The van der Waals surface area contributed by atoms with Crippen molar-refractivity contribution >= 4 is 12.1 Å². The van der Waals surface area contributed by atoms with E-state index in [0.717, 1.165) is 25.3 Å². The topological polar surface area (TPSA) is 116 Å². The molecule has 1 saturated heterocycles. The summed E-state index contributed by atoms with van der Waals surface area (Å²) in [7, 11) is 0. The lowest BCUT2D eigenvalue weighted by Crippen LogP contribution is -2.37. The van der Waals surface area contributed by atoms with Crippen LogP contribution in [-0.4, -0.2) is 40.2 Å². The van der Waals surface area contributed by atoms with Gasteiger partial charge in [-0.3, -0.25) is 0 Å². The van der Waals surface area contributed by atoms with Gasteiger partial charge in [0.05, 0.1) is 12.2 Å². The number of ether oxygens (including phenoxy) is 2. The summed E-state index contributed by atoms with van der Waals surface area (Å²) in [6.07, 6.45) is 2.27. The van der Waals surface area contributed by atoms with Crippen molar-refractivity contribution in [3.63, 3.8) is 0 Å². The maximum absolute atomic E-state index is 13.9. The van der Waals surface area contributed by atoms with Crippen LogP contribution in [0.5, 0.6) is 11.5 Å². The molecule has 41 heavy (non-hydrogen) atoms. The Bertz CT molecular complexity index is 1360. The van der Waals surface area contributed by atoms with E-state index in [9.17, 15) is 18.0 Å². The van der Waals surface area contributed by atoms with E-state index in [1.165, 1.54) is 31.4 Å². The highest BCUT2D eigenvalue weighted by Gasteiger charge is 2.36. The molecular weight excluding hydrogens is 539 g/mol. The van der Waals surface area contributed by atoms with E-state index < -0.39 is 23.9 Å². The number of amides is 1. The predicted octanol–water partition coefficient (Wildman–Crippen LogP) is 6.76. The molecule has 0 radical (unpaired) electrons. The lowest BCUT2D eigenvalue weighted by Gasteiger charge is -2.22. The van der Waals surface area contributed by atoms with Crippen molar-refractivity contribution < 1.29 is 32.0 Å². The second kappa shape index (κ2) is 12.6. The van der Waals surface area contributed by atoms with Gasteiger partial charge in [0.25, 0.3) is 0 Å². The van der Waals surface area contributed by atoms with Crippen LogP contribution >= 0.6 is 0 Å². The van der Waals surface area contributed by atoms with Gasteiger partial charge in [0.1, 0.15) is 17.5 Å². The summed E-state index contributed by atoms with van der Waals surface area (Å²) in [5.41, 5.74) is 5.35. The summed E-state index contributed by atoms with van der Waals surface area (Å²) in [6.45, 7) is 0.709. The van der Waals surface area contributed by atoms with Gasteiger partial charge in [0.2, 0.25) is 17.7 Å². The molecule has 1 atom stereocenters. The molecule has 1 amide bonds. The van der Waals surface area contributed by atoms with Crippen molar-refractivity contribution in [2.75, 3.05) is 13.2 Å². The van der Waals surface area contributed by atoms with E-state index in [1.807, 2.05) is 0 Å². The van der Waals surface area contributed by atoms with Gasteiger partial charge in [0, 0.05) is 12.1 Å². The van der Waals surface area contributed by atoms with Gasteiger partial charge in [0.15, 0.2) is 0 Å². The largest absolute Gasteiger partial charge is 0.493 e. The number of aliphatic imine (C=N–C) groups is 1. The summed E-state index contributed by atoms with van der Waals surface area (Å²) in [4.78, 5) is 22.1. The summed E-state index contributed by atoms with van der Waals surface area (Å²) >= 11 is 0. The number of nitrogens with two attached hydrogens (primary N) is 1. The molecule has 2 heterocycles. The zero-order valence-corrected chi connectivity index (χ0v) is 22.5. The van der Waals surface area contributed by atoms with Crippen LogP contribution in [0.4, 0.5) is 18.0 Å². The minimum atomic E-state index is -4.62. The van der Waals surface area contributed by atoms with Gasteiger partial charge in [-0.1, -0.05) is 55.5 Å². The molecule has 1 aliphatic carbocycles. The number of nitrogens with zero attached hydrogens (tertiary/aromatic N) is 4. The molecule has 2 N–H and O–H groups in total. The fourth-order valence-electron chi connectivity index (χ4n) is 5.38. The monoisotopic (exact) mass is 571 g/mol. The van der Waals surface area contributed by atoms with E-state index >= 15 is 0 Å². The predicted molar refractivity (Wildman–Crippen MR) is 144 cm³/mol. The SMILES string of the molecule is NC(=NC(=O)Oc1ccccc1)N1CCC[C@H]1c1nc(-c2ccc(OCCC3CCCCC3)c(C(F)(F)F)c2)no1. The Hall–Kier alpha value is -4.09. The number of carbonyl (C=O) groups excluding carboxylic acids is 1. The molecule has 2 aromatic carbocycles. The van der Waals surface area contributed by atoms with Gasteiger partial charge in [-0.05, 0) is 55.5 Å². The van der Waals surface area contributed by atoms with Crippen molar-refractivity contribution in [2.45, 2.75) is 63.6 Å². The number of likely N-dealkylation sites (tertiary alicyclic amines) is 1. The van der Waals surface area contributed by atoms with E-state index in [2.05, 4.69) is 15.1 Å². The van der Waals surface area contributed by atoms with Crippen LogP contribution in [0.1, 0.15) is 68.9 Å². The van der Waals surface area contributed by atoms with Gasteiger partial charge in [-0.15, -0.1) is 4.99 Å². The maximum atomic E-state index is 13.9. The van der Waals surface area contributed by atoms with Gasteiger partial charge >= 0.3 is 12.3 Å². The van der Waals surface area contributed by atoms with Gasteiger partial charge < -0.3 is 24.6 Å². The average Bonchev–Trinajstić information content (AvgIpc) is 3.64. The minimum absolute atomic E-state index is 0.00473. The fourth-order valence-corrected chi connectivity index (χ4v) is 5.38. The maximum Gasteiger partial charge on any atom is 0.442 e. The third-order valence-corrected chi connectivity index (χ3v) is 7.48. The molecule has 218 valence electrons. The van der Waals surface area contributed by atoms with E-state index in [0.29, 0.717) is 31.1 Å². The molecule has 9 nitrogen and oxygen atoms in total. The quantitative estimate of drug-likeness (QED) is 0.244. The first kappa shape index (κ1) is 28.4. The third kappa shape index (κ3) is 7.17. The second-order valence-corrected chi connectivity index (χ2v) is 10.3. The lowest BCUT2D eigenvalue weighted by molar-refractivity contribution is -0.138. The Balaban J connectivity index is 1.28. The van der Waals surface area contributed by atoms with Crippen LogP contribution < -0.4 is 15.2 Å². The molecule has 2 aliphatic rings. The molecule has 1 aromatic heterocycles. The van der Waals surface area contributed by atoms with Crippen LogP contribution in [0.25, 0.3) is 11.4 Å². The molecule has 0 spiro atoms. The van der Waals surface area contributed by atoms with Crippen molar-refractivity contribution in [3.05, 3.63) is 60.0 Å². The average molecular weight is 572 g/mol. The first-order valence-electron chi connectivity index (χ1n) is 13.8. The Morgan fingerprint density at radius 2 is 1.85 bits per heavy atom. The summed E-state index contributed by atoms with van der Waals surface area (Å²) in [6, 6.07) is 11.7. The molecular formula is C29H32F3N5O4. The Morgan fingerprint density at radius 1 is 1.07 bits per heavy atom. The highest BCUT2D eigenvalue weighted by Crippen LogP contribution is 2.39. The van der Waals surface area contributed by atoms with Crippen LogP contribution in [0, 0.1) is 5.92 Å². The van der Waals surface area contributed by atoms with Crippen molar-refractivity contribution in [1.29, 1.82) is 0 Å². The van der Waals surface area contributed by atoms with E-state index in [1.54, 1.807) is 35.2 Å². The van der Waals surface area contributed by atoms with E-state index in [-0.39, 0.29) is 35.6 Å². The highest BCUT2D eigenvalue weighted by atomic mass is 19.4. The zero-order chi connectivity index (χ0) is 28.8. The van der Waals surface area contributed by atoms with Crippen LogP contribution in [0.3, 0.4) is 0 Å².